The van der Waals surface area contributed by atoms with Gasteiger partial charge in [0, 0.05) is 23.3 Å². The van der Waals surface area contributed by atoms with Gasteiger partial charge in [-0.1, -0.05) is 82.8 Å². The van der Waals surface area contributed by atoms with Crippen molar-refractivity contribution in [2.24, 2.45) is 0 Å². The third kappa shape index (κ3) is 5.45. The Balaban J connectivity index is 1.27. The van der Waals surface area contributed by atoms with E-state index in [1.807, 2.05) is 18.2 Å². The molecule has 8 heteroatoms. The number of nitrogens with one attached hydrogen (secondary N) is 2. The molecule has 0 atom stereocenters. The zero-order chi connectivity index (χ0) is 25.1. The van der Waals surface area contributed by atoms with E-state index in [2.05, 4.69) is 77.7 Å². The highest BCUT2D eigenvalue weighted by atomic mass is 32.2. The second-order valence-electron chi connectivity index (χ2n) is 8.50. The van der Waals surface area contributed by atoms with Crippen molar-refractivity contribution in [3.8, 4) is 28.3 Å². The van der Waals surface area contributed by atoms with Crippen molar-refractivity contribution >= 4 is 44.4 Å². The largest absolute Gasteiger partial charge is 0.497 e. The number of imidazole rings is 1. The summed E-state index contributed by atoms with van der Waals surface area (Å²) in [5.74, 6) is 1.30. The Bertz CT molecular complexity index is 1440. The van der Waals surface area contributed by atoms with Crippen LogP contribution in [0.1, 0.15) is 17.5 Å². The molecule has 0 aliphatic rings. The molecule has 182 valence electrons. The monoisotopic (exact) mass is 514 g/mol. The number of nitrogens with zero attached hydrogens (tertiary/aromatic N) is 2. The van der Waals surface area contributed by atoms with E-state index in [0.29, 0.717) is 17.3 Å². The highest BCUT2D eigenvalue weighted by Crippen LogP contribution is 2.33. The van der Waals surface area contributed by atoms with Crippen LogP contribution in [-0.4, -0.2) is 33.7 Å². The van der Waals surface area contributed by atoms with Crippen LogP contribution in [0.2, 0.25) is 0 Å². The summed E-state index contributed by atoms with van der Waals surface area (Å²) in [6, 6.07) is 22.5. The molecule has 6 nitrogen and oxygen atoms in total. The molecule has 0 spiro atoms. The van der Waals surface area contributed by atoms with Crippen molar-refractivity contribution in [3.05, 3.63) is 77.9 Å². The Morgan fingerprint density at radius 1 is 0.972 bits per heavy atom. The molecule has 36 heavy (non-hydrogen) atoms. The maximum atomic E-state index is 12.6. The van der Waals surface area contributed by atoms with Crippen LogP contribution < -0.4 is 10.1 Å². The number of aromatic nitrogens is 3. The normalized spacial score (nSPS) is 11.1. The number of anilines is 1. The van der Waals surface area contributed by atoms with E-state index < -0.39 is 0 Å². The Morgan fingerprint density at radius 2 is 1.67 bits per heavy atom. The van der Waals surface area contributed by atoms with Gasteiger partial charge in [-0.15, -0.1) is 0 Å². The minimum absolute atomic E-state index is 0.0717. The van der Waals surface area contributed by atoms with Gasteiger partial charge in [-0.2, -0.15) is 0 Å². The van der Waals surface area contributed by atoms with Crippen LogP contribution in [0.25, 0.3) is 32.7 Å². The van der Waals surface area contributed by atoms with E-state index in [4.69, 9.17) is 9.72 Å². The molecule has 0 aliphatic carbocycles. The summed E-state index contributed by atoms with van der Waals surface area (Å²) in [5, 5.41) is 4.30. The number of amides is 1. The summed E-state index contributed by atoms with van der Waals surface area (Å²) in [4.78, 5) is 25.4. The average Bonchev–Trinajstić information content (AvgIpc) is 3.48. The number of thioether (sulfide) groups is 1. The molecule has 3 aromatic carbocycles. The maximum absolute atomic E-state index is 12.6. The Morgan fingerprint density at radius 3 is 2.36 bits per heavy atom. The van der Waals surface area contributed by atoms with E-state index in [1.54, 1.807) is 7.11 Å². The van der Waals surface area contributed by atoms with Crippen LogP contribution in [0.4, 0.5) is 5.13 Å². The van der Waals surface area contributed by atoms with Crippen LogP contribution in [0, 0.1) is 13.8 Å². The van der Waals surface area contributed by atoms with E-state index in [0.717, 1.165) is 43.6 Å². The zero-order valence-corrected chi connectivity index (χ0v) is 21.9. The predicted octanol–water partition coefficient (Wildman–Crippen LogP) is 7.10. The molecule has 0 unspecified atom stereocenters. The number of carbonyl (C=O) groups excluding carboxylic acids is 1. The number of aryl methyl sites for hydroxylation is 2. The first-order valence-corrected chi connectivity index (χ1v) is 13.4. The third-order valence-corrected chi connectivity index (χ3v) is 7.57. The molecule has 2 heterocycles. The second-order valence-corrected chi connectivity index (χ2v) is 10.6. The highest BCUT2D eigenvalue weighted by Gasteiger charge is 2.15. The predicted molar refractivity (Wildman–Crippen MR) is 149 cm³/mol. The van der Waals surface area contributed by atoms with E-state index in [-0.39, 0.29) is 5.91 Å². The molecule has 0 saturated heterocycles. The summed E-state index contributed by atoms with van der Waals surface area (Å²) in [7, 11) is 1.63. The first-order chi connectivity index (χ1) is 17.5. The van der Waals surface area contributed by atoms with Crippen molar-refractivity contribution in [2.45, 2.75) is 25.4 Å². The fraction of sp³-hybridized carbons (Fsp3) is 0.179. The molecular formula is C28H26N4O2S2. The lowest BCUT2D eigenvalue weighted by molar-refractivity contribution is -0.115. The number of aromatic amines is 1. The quantitative estimate of drug-likeness (QED) is 0.216. The van der Waals surface area contributed by atoms with Gasteiger partial charge >= 0.3 is 0 Å². The van der Waals surface area contributed by atoms with Gasteiger partial charge in [-0.05, 0) is 32.0 Å². The van der Waals surface area contributed by atoms with Gasteiger partial charge in [-0.25, -0.2) is 9.97 Å². The van der Waals surface area contributed by atoms with Crippen molar-refractivity contribution < 1.29 is 9.53 Å². The van der Waals surface area contributed by atoms with E-state index in [1.165, 1.54) is 34.2 Å². The van der Waals surface area contributed by atoms with Gasteiger partial charge in [0.05, 0.1) is 28.7 Å². The van der Waals surface area contributed by atoms with E-state index >= 15 is 0 Å². The van der Waals surface area contributed by atoms with Crippen molar-refractivity contribution in [1.29, 1.82) is 0 Å². The van der Waals surface area contributed by atoms with Gasteiger partial charge in [0.25, 0.3) is 0 Å². The zero-order valence-electron chi connectivity index (χ0n) is 20.3. The first kappa shape index (κ1) is 24.1. The minimum Gasteiger partial charge on any atom is -0.497 e. The molecule has 0 radical (unpaired) electrons. The van der Waals surface area contributed by atoms with Crippen LogP contribution in [0.3, 0.4) is 0 Å². The van der Waals surface area contributed by atoms with Gasteiger partial charge in [0.2, 0.25) is 5.91 Å². The van der Waals surface area contributed by atoms with Crippen molar-refractivity contribution in [3.63, 3.8) is 0 Å². The lowest BCUT2D eigenvalue weighted by Crippen LogP contribution is -2.11. The number of thiazole rings is 1. The minimum atomic E-state index is -0.0717. The lowest BCUT2D eigenvalue weighted by Gasteiger charge is -2.04. The smallest absolute Gasteiger partial charge is 0.226 e. The van der Waals surface area contributed by atoms with Crippen molar-refractivity contribution in [1.82, 2.24) is 15.0 Å². The van der Waals surface area contributed by atoms with Gasteiger partial charge in [-0.3, -0.25) is 4.79 Å². The van der Waals surface area contributed by atoms with E-state index in [9.17, 15) is 4.79 Å². The summed E-state index contributed by atoms with van der Waals surface area (Å²) in [6.07, 6.45) is 0.352. The Labute approximate surface area is 218 Å². The molecule has 0 aliphatic heterocycles. The number of methoxy groups -OCH3 is 1. The number of hydrogen-bond donors (Lipinski definition) is 2. The number of H-pyrrole nitrogens is 1. The summed E-state index contributed by atoms with van der Waals surface area (Å²) >= 11 is 2.98. The van der Waals surface area contributed by atoms with Crippen LogP contribution in [0.15, 0.2) is 71.9 Å². The SMILES string of the molecule is COc1ccc2nc(NC(=O)CCSc3nc(-c4ccc(C)cc4)c(-c4ccc(C)cc4)[nH]3)sc2c1. The fourth-order valence-electron chi connectivity index (χ4n) is 3.78. The third-order valence-electron chi connectivity index (χ3n) is 5.76. The average molecular weight is 515 g/mol. The summed E-state index contributed by atoms with van der Waals surface area (Å²) in [5.41, 5.74) is 7.30. The summed E-state index contributed by atoms with van der Waals surface area (Å²) < 4.78 is 6.24. The molecule has 0 bridgehead atoms. The van der Waals surface area contributed by atoms with Crippen molar-refractivity contribution in [2.75, 3.05) is 18.2 Å². The first-order valence-electron chi connectivity index (χ1n) is 11.6. The standard InChI is InChI=1S/C28H26N4O2S2/c1-17-4-8-19(9-5-17)25-26(20-10-6-18(2)7-11-20)32-27(31-25)35-15-14-24(33)30-28-29-22-13-12-21(34-3)16-23(22)36-28/h4-13,16H,14-15H2,1-3H3,(H,31,32)(H,29,30,33). The molecular weight excluding hydrogens is 488 g/mol. The molecule has 1 amide bonds. The maximum Gasteiger partial charge on any atom is 0.226 e. The number of benzene rings is 3. The molecule has 2 aromatic heterocycles. The molecule has 2 N–H and O–H groups in total. The van der Waals surface area contributed by atoms with Crippen LogP contribution in [-0.2, 0) is 4.79 Å². The molecule has 5 rings (SSSR count). The van der Waals surface area contributed by atoms with Gasteiger partial charge in [0.1, 0.15) is 5.75 Å². The number of rotatable bonds is 8. The van der Waals surface area contributed by atoms with Crippen LogP contribution in [0.5, 0.6) is 5.75 Å². The fourth-order valence-corrected chi connectivity index (χ4v) is 5.50. The topological polar surface area (TPSA) is 79.9 Å². The number of fused-ring (bicyclic) bond motifs is 1. The lowest BCUT2D eigenvalue weighted by atomic mass is 10.0. The van der Waals surface area contributed by atoms with Gasteiger partial charge < -0.3 is 15.0 Å². The Kier molecular flexibility index (Phi) is 7.06. The number of ether oxygens (including phenoxy) is 1. The summed E-state index contributed by atoms with van der Waals surface area (Å²) in [6.45, 7) is 4.15. The number of hydrogen-bond acceptors (Lipinski definition) is 6. The second kappa shape index (κ2) is 10.6. The Hall–Kier alpha value is -3.62. The molecule has 5 aromatic rings. The van der Waals surface area contributed by atoms with Gasteiger partial charge in [0.15, 0.2) is 10.3 Å². The highest BCUT2D eigenvalue weighted by molar-refractivity contribution is 7.99. The molecule has 0 saturated carbocycles. The number of carbonyl (C=O) groups is 1. The molecule has 0 fully saturated rings. The van der Waals surface area contributed by atoms with Crippen LogP contribution >= 0.6 is 23.1 Å².